The zero-order valence-corrected chi connectivity index (χ0v) is 14.0. The Morgan fingerprint density at radius 1 is 1.25 bits per heavy atom. The second kappa shape index (κ2) is 5.58. The molecule has 0 unspecified atom stereocenters. The van der Waals surface area contributed by atoms with Gasteiger partial charge in [-0.25, -0.2) is 0 Å². The molecule has 0 aromatic carbocycles. The molecule has 0 saturated carbocycles. The van der Waals surface area contributed by atoms with Crippen molar-refractivity contribution in [3.05, 3.63) is 28.7 Å². The monoisotopic (exact) mass is 343 g/mol. The van der Waals surface area contributed by atoms with Crippen LogP contribution in [-0.4, -0.2) is 31.8 Å². The van der Waals surface area contributed by atoms with Gasteiger partial charge in [0.15, 0.2) is 11.5 Å². The lowest BCUT2D eigenvalue weighted by molar-refractivity contribution is -0.142. The number of nitrogens with zero attached hydrogens (tertiary/aromatic N) is 4. The summed E-state index contributed by atoms with van der Waals surface area (Å²) in [4.78, 5) is 6.30. The minimum atomic E-state index is -4.46. The van der Waals surface area contributed by atoms with Crippen LogP contribution in [0.2, 0.25) is 0 Å². The van der Waals surface area contributed by atoms with E-state index < -0.39 is 11.9 Å². The van der Waals surface area contributed by atoms with Crippen molar-refractivity contribution in [1.29, 1.82) is 0 Å². The predicted molar refractivity (Wildman–Crippen MR) is 79.1 cm³/mol. The number of fused-ring (bicyclic) bond motifs is 1. The molecule has 0 amide bonds. The van der Waals surface area contributed by atoms with E-state index in [4.69, 9.17) is 4.52 Å². The second-order valence-corrected chi connectivity index (χ2v) is 7.13. The van der Waals surface area contributed by atoms with Gasteiger partial charge >= 0.3 is 6.18 Å². The third-order valence-corrected chi connectivity index (χ3v) is 4.25. The molecule has 0 bridgehead atoms. The maximum atomic E-state index is 13.1. The van der Waals surface area contributed by atoms with Gasteiger partial charge in [-0.05, 0) is 6.92 Å². The molecular weight excluding hydrogens is 323 g/mol. The van der Waals surface area contributed by atoms with Gasteiger partial charge in [0.2, 0.25) is 5.89 Å². The number of alkyl halides is 3. The van der Waals surface area contributed by atoms with E-state index in [1.807, 2.05) is 32.6 Å². The largest absolute Gasteiger partial charge is 0.435 e. The molecule has 1 N–H and O–H groups in total. The number of rotatable bonds is 2. The third-order valence-electron chi connectivity index (χ3n) is 4.25. The summed E-state index contributed by atoms with van der Waals surface area (Å²) in [5, 5.41) is 9.94. The highest BCUT2D eigenvalue weighted by atomic mass is 19.4. The van der Waals surface area contributed by atoms with Crippen molar-refractivity contribution in [3.8, 4) is 0 Å². The molecule has 6 nitrogen and oxygen atoms in total. The average molecular weight is 343 g/mol. The van der Waals surface area contributed by atoms with Crippen LogP contribution in [0.5, 0.6) is 0 Å². The van der Waals surface area contributed by atoms with Crippen LogP contribution in [0.15, 0.2) is 4.52 Å². The Balaban J connectivity index is 1.82. The summed E-state index contributed by atoms with van der Waals surface area (Å²) < 4.78 is 44.5. The van der Waals surface area contributed by atoms with E-state index in [1.54, 1.807) is 0 Å². The molecule has 1 aliphatic heterocycles. The summed E-state index contributed by atoms with van der Waals surface area (Å²) in [6, 6.07) is -0.266. The Kier molecular flexibility index (Phi) is 3.94. The lowest BCUT2D eigenvalue weighted by Gasteiger charge is -2.30. The normalized spacial score (nSPS) is 17.8. The molecule has 3 rings (SSSR count). The third kappa shape index (κ3) is 3.04. The molecule has 1 aliphatic rings. The number of aromatic amines is 1. The van der Waals surface area contributed by atoms with Crippen molar-refractivity contribution >= 4 is 0 Å². The van der Waals surface area contributed by atoms with Gasteiger partial charge in [-0.1, -0.05) is 25.9 Å². The van der Waals surface area contributed by atoms with Gasteiger partial charge in [0.1, 0.15) is 0 Å². The topological polar surface area (TPSA) is 70.8 Å². The highest BCUT2D eigenvalue weighted by Crippen LogP contribution is 2.35. The smallest absolute Gasteiger partial charge is 0.338 e. The van der Waals surface area contributed by atoms with Gasteiger partial charge in [0.25, 0.3) is 0 Å². The van der Waals surface area contributed by atoms with Crippen LogP contribution in [0.25, 0.3) is 0 Å². The van der Waals surface area contributed by atoms with Crippen molar-refractivity contribution in [1.82, 2.24) is 25.2 Å². The summed E-state index contributed by atoms with van der Waals surface area (Å²) in [6.07, 6.45) is -3.98. The molecule has 0 fully saturated rings. The van der Waals surface area contributed by atoms with Gasteiger partial charge in [-0.2, -0.15) is 23.3 Å². The first-order valence-electron chi connectivity index (χ1n) is 7.79. The van der Waals surface area contributed by atoms with E-state index in [-0.39, 0.29) is 23.6 Å². The standard InChI is InChI=1S/C15H20F3N5O/c1-8(12-19-13(22-24-12)14(2,3)4)23-6-5-10-9(7-23)11(21-20-10)15(16,17)18/h8H,5-7H2,1-4H3,(H,20,21)/t8-/m0/s1. The molecule has 132 valence electrons. The first-order valence-corrected chi connectivity index (χ1v) is 7.79. The molecule has 9 heteroatoms. The zero-order valence-electron chi connectivity index (χ0n) is 14.0. The predicted octanol–water partition coefficient (Wildman–Crippen LogP) is 3.23. The van der Waals surface area contributed by atoms with Gasteiger partial charge in [-0.15, -0.1) is 0 Å². The molecular formula is C15H20F3N5O. The van der Waals surface area contributed by atoms with Gasteiger partial charge in [-0.3, -0.25) is 10.00 Å². The van der Waals surface area contributed by atoms with Crippen molar-refractivity contribution in [3.63, 3.8) is 0 Å². The fourth-order valence-electron chi connectivity index (χ4n) is 2.75. The van der Waals surface area contributed by atoms with Crippen LogP contribution in [0, 0.1) is 0 Å². The average Bonchev–Trinajstić information content (AvgIpc) is 3.11. The highest BCUT2D eigenvalue weighted by molar-refractivity contribution is 5.29. The van der Waals surface area contributed by atoms with E-state index in [0.29, 0.717) is 30.4 Å². The van der Waals surface area contributed by atoms with Crippen LogP contribution in [-0.2, 0) is 24.6 Å². The Labute approximate surface area is 137 Å². The molecule has 2 aromatic heterocycles. The molecule has 0 saturated heterocycles. The van der Waals surface area contributed by atoms with Crippen molar-refractivity contribution in [2.24, 2.45) is 0 Å². The Bertz CT molecular complexity index is 728. The molecule has 3 heterocycles. The second-order valence-electron chi connectivity index (χ2n) is 7.13. The van der Waals surface area contributed by atoms with Crippen molar-refractivity contribution in [2.45, 2.75) is 58.3 Å². The first-order chi connectivity index (χ1) is 11.1. The first kappa shape index (κ1) is 16.9. The number of halogens is 3. The van der Waals surface area contributed by atoms with Crippen LogP contribution in [0.3, 0.4) is 0 Å². The lowest BCUT2D eigenvalue weighted by atomic mass is 9.96. The fraction of sp³-hybridized carbons (Fsp3) is 0.667. The van der Waals surface area contributed by atoms with Crippen molar-refractivity contribution < 1.29 is 17.7 Å². The number of nitrogens with one attached hydrogen (secondary N) is 1. The fourth-order valence-corrected chi connectivity index (χ4v) is 2.75. The highest BCUT2D eigenvalue weighted by Gasteiger charge is 2.40. The van der Waals surface area contributed by atoms with Crippen LogP contribution in [0.1, 0.15) is 62.4 Å². The van der Waals surface area contributed by atoms with Crippen LogP contribution in [0.4, 0.5) is 13.2 Å². The maximum absolute atomic E-state index is 13.1. The number of aromatic nitrogens is 4. The SMILES string of the molecule is C[C@@H](c1nc(C(C)(C)C)no1)N1CCc2[nH]nc(C(F)(F)F)c2C1. The summed E-state index contributed by atoms with van der Waals surface area (Å²) >= 11 is 0. The quantitative estimate of drug-likeness (QED) is 0.906. The molecule has 0 radical (unpaired) electrons. The summed E-state index contributed by atoms with van der Waals surface area (Å²) in [6.45, 7) is 8.52. The van der Waals surface area contributed by atoms with Crippen molar-refractivity contribution in [2.75, 3.05) is 6.54 Å². The zero-order chi connectivity index (χ0) is 17.7. The minimum absolute atomic E-state index is 0.148. The Morgan fingerprint density at radius 3 is 2.54 bits per heavy atom. The molecule has 1 atom stereocenters. The van der Waals surface area contributed by atoms with E-state index in [9.17, 15) is 13.2 Å². The van der Waals surface area contributed by atoms with Gasteiger partial charge in [0, 0.05) is 36.2 Å². The Hall–Kier alpha value is -1.90. The number of hydrogen-bond donors (Lipinski definition) is 1. The number of hydrogen-bond acceptors (Lipinski definition) is 5. The molecule has 0 spiro atoms. The van der Waals surface area contributed by atoms with E-state index >= 15 is 0 Å². The summed E-state index contributed by atoms with van der Waals surface area (Å²) in [5.41, 5.74) is -0.331. The van der Waals surface area contributed by atoms with Crippen LogP contribution < -0.4 is 0 Å². The molecule has 0 aliphatic carbocycles. The van der Waals surface area contributed by atoms with E-state index in [1.165, 1.54) is 0 Å². The van der Waals surface area contributed by atoms with E-state index in [0.717, 1.165) is 0 Å². The van der Waals surface area contributed by atoms with Gasteiger partial charge in [0.05, 0.1) is 6.04 Å². The molecule has 2 aromatic rings. The maximum Gasteiger partial charge on any atom is 0.435 e. The summed E-state index contributed by atoms with van der Waals surface area (Å²) in [7, 11) is 0. The summed E-state index contributed by atoms with van der Waals surface area (Å²) in [5.74, 6) is 1.00. The minimum Gasteiger partial charge on any atom is -0.338 e. The van der Waals surface area contributed by atoms with Crippen LogP contribution >= 0.6 is 0 Å². The van der Waals surface area contributed by atoms with E-state index in [2.05, 4.69) is 20.3 Å². The Morgan fingerprint density at radius 2 is 1.96 bits per heavy atom. The van der Waals surface area contributed by atoms with Gasteiger partial charge < -0.3 is 4.52 Å². The molecule has 24 heavy (non-hydrogen) atoms. The number of H-pyrrole nitrogens is 1. The lowest BCUT2D eigenvalue weighted by Crippen LogP contribution is -2.33.